The molecule has 1 aromatic heterocycles. The zero-order valence-electron chi connectivity index (χ0n) is 19.8. The molecule has 3 aromatic rings. The van der Waals surface area contributed by atoms with Gasteiger partial charge in [0.15, 0.2) is 0 Å². The number of carbonyl (C=O) groups is 1. The summed E-state index contributed by atoms with van der Waals surface area (Å²) in [5.74, 6) is 3.37. The van der Waals surface area contributed by atoms with Gasteiger partial charge in [0, 0.05) is 37.9 Å². The van der Waals surface area contributed by atoms with Gasteiger partial charge in [-0.15, -0.1) is 0 Å². The van der Waals surface area contributed by atoms with Crippen molar-refractivity contribution < 1.29 is 9.53 Å². The molecule has 2 aromatic carbocycles. The van der Waals surface area contributed by atoms with Gasteiger partial charge in [0.2, 0.25) is 5.91 Å². The van der Waals surface area contributed by atoms with Gasteiger partial charge in [-0.1, -0.05) is 29.8 Å². The Bertz CT molecular complexity index is 1120. The average molecular weight is 446 g/mol. The molecular formula is C26H31N5O2. The van der Waals surface area contributed by atoms with E-state index < -0.39 is 0 Å². The maximum atomic E-state index is 12.9. The van der Waals surface area contributed by atoms with Gasteiger partial charge in [0.1, 0.15) is 23.2 Å². The standard InChI is InChI=1S/C26H31N5O2/c1-18-5-8-22(9-6-18)29-24-17-25(28-20(3)27-24)30-11-13-31(14-12-30)26(32)16-21-7-10-23(33-4)19(2)15-21/h5-10,15,17H,11-14,16H2,1-4H3,(H,27,28,29). The minimum atomic E-state index is 0.153. The topological polar surface area (TPSA) is 70.6 Å². The van der Waals surface area contributed by atoms with Crippen molar-refractivity contribution in [3.63, 3.8) is 0 Å². The molecule has 0 bridgehead atoms. The van der Waals surface area contributed by atoms with Crippen LogP contribution in [0, 0.1) is 20.8 Å². The Morgan fingerprint density at radius 2 is 1.70 bits per heavy atom. The normalized spacial score (nSPS) is 13.7. The Labute approximate surface area is 195 Å². The van der Waals surface area contributed by atoms with Gasteiger partial charge in [0.25, 0.3) is 0 Å². The Morgan fingerprint density at radius 3 is 2.36 bits per heavy atom. The largest absolute Gasteiger partial charge is 0.496 e. The van der Waals surface area contributed by atoms with Crippen LogP contribution in [0.3, 0.4) is 0 Å². The minimum absolute atomic E-state index is 0.153. The Kier molecular flexibility index (Phi) is 6.77. The smallest absolute Gasteiger partial charge is 0.227 e. The zero-order chi connectivity index (χ0) is 23.4. The van der Waals surface area contributed by atoms with Crippen molar-refractivity contribution in [2.24, 2.45) is 0 Å². The lowest BCUT2D eigenvalue weighted by Crippen LogP contribution is -2.49. The van der Waals surface area contributed by atoms with E-state index in [1.165, 1.54) is 5.56 Å². The molecule has 1 N–H and O–H groups in total. The first kappa shape index (κ1) is 22.6. The van der Waals surface area contributed by atoms with Crippen LogP contribution in [0.15, 0.2) is 48.5 Å². The number of hydrogen-bond donors (Lipinski definition) is 1. The predicted octanol–water partition coefficient (Wildman–Crippen LogP) is 4.05. The first-order valence-corrected chi connectivity index (χ1v) is 11.3. The van der Waals surface area contributed by atoms with E-state index in [0.29, 0.717) is 19.5 Å². The molecule has 0 saturated carbocycles. The third-order valence-corrected chi connectivity index (χ3v) is 5.92. The van der Waals surface area contributed by atoms with Crippen LogP contribution in [-0.4, -0.2) is 54.1 Å². The summed E-state index contributed by atoms with van der Waals surface area (Å²) < 4.78 is 5.31. The van der Waals surface area contributed by atoms with Gasteiger partial charge >= 0.3 is 0 Å². The number of carbonyl (C=O) groups excluding carboxylic acids is 1. The Balaban J connectivity index is 1.37. The molecule has 2 heterocycles. The van der Waals surface area contributed by atoms with Gasteiger partial charge < -0.3 is 19.9 Å². The van der Waals surface area contributed by atoms with Gasteiger partial charge in [0.05, 0.1) is 13.5 Å². The number of ether oxygens (including phenoxy) is 1. The zero-order valence-corrected chi connectivity index (χ0v) is 19.8. The molecule has 1 aliphatic rings. The number of amides is 1. The summed E-state index contributed by atoms with van der Waals surface area (Å²) in [4.78, 5) is 26.2. The summed E-state index contributed by atoms with van der Waals surface area (Å²) in [5, 5.41) is 3.37. The fraction of sp³-hybridized carbons (Fsp3) is 0.346. The molecule has 1 amide bonds. The second kappa shape index (κ2) is 9.90. The van der Waals surface area contributed by atoms with Crippen LogP contribution in [0.4, 0.5) is 17.3 Å². The van der Waals surface area contributed by atoms with E-state index in [-0.39, 0.29) is 5.91 Å². The molecule has 0 atom stereocenters. The highest BCUT2D eigenvalue weighted by atomic mass is 16.5. The lowest BCUT2D eigenvalue weighted by molar-refractivity contribution is -0.130. The third kappa shape index (κ3) is 5.61. The number of aryl methyl sites for hydroxylation is 3. The van der Waals surface area contributed by atoms with Crippen LogP contribution >= 0.6 is 0 Å². The van der Waals surface area contributed by atoms with Crippen molar-refractivity contribution >= 4 is 23.2 Å². The molecular weight excluding hydrogens is 414 g/mol. The molecule has 0 unspecified atom stereocenters. The van der Waals surface area contributed by atoms with E-state index >= 15 is 0 Å². The van der Waals surface area contributed by atoms with Crippen LogP contribution < -0.4 is 15.0 Å². The summed E-state index contributed by atoms with van der Waals surface area (Å²) in [6.45, 7) is 8.81. The summed E-state index contributed by atoms with van der Waals surface area (Å²) in [6.07, 6.45) is 0.405. The number of methoxy groups -OCH3 is 1. The van der Waals surface area contributed by atoms with Gasteiger partial charge in [-0.25, -0.2) is 9.97 Å². The fourth-order valence-corrected chi connectivity index (χ4v) is 4.08. The molecule has 7 heteroatoms. The predicted molar refractivity (Wildman–Crippen MR) is 131 cm³/mol. The van der Waals surface area contributed by atoms with E-state index in [2.05, 4.69) is 39.2 Å². The highest BCUT2D eigenvalue weighted by Gasteiger charge is 2.23. The molecule has 1 aliphatic heterocycles. The van der Waals surface area contributed by atoms with Gasteiger partial charge in [-0.3, -0.25) is 4.79 Å². The number of piperazine rings is 1. The third-order valence-electron chi connectivity index (χ3n) is 5.92. The molecule has 0 spiro atoms. The van der Waals surface area contributed by atoms with Gasteiger partial charge in [-0.05, 0) is 50.1 Å². The summed E-state index contributed by atoms with van der Waals surface area (Å²) in [6, 6.07) is 16.1. The Morgan fingerprint density at radius 1 is 0.970 bits per heavy atom. The lowest BCUT2D eigenvalue weighted by atomic mass is 10.1. The number of nitrogens with zero attached hydrogens (tertiary/aromatic N) is 4. The second-order valence-electron chi connectivity index (χ2n) is 8.50. The van der Waals surface area contributed by atoms with E-state index in [9.17, 15) is 4.79 Å². The number of hydrogen-bond acceptors (Lipinski definition) is 6. The van der Waals surface area contributed by atoms with Crippen molar-refractivity contribution in [1.29, 1.82) is 0 Å². The first-order valence-electron chi connectivity index (χ1n) is 11.3. The average Bonchev–Trinajstić information content (AvgIpc) is 2.80. The fourth-order valence-electron chi connectivity index (χ4n) is 4.08. The van der Waals surface area contributed by atoms with Crippen LogP contribution in [0.25, 0.3) is 0 Å². The maximum absolute atomic E-state index is 12.9. The lowest BCUT2D eigenvalue weighted by Gasteiger charge is -2.35. The van der Waals surface area contributed by atoms with Crippen molar-refractivity contribution in [1.82, 2.24) is 14.9 Å². The maximum Gasteiger partial charge on any atom is 0.227 e. The highest BCUT2D eigenvalue weighted by molar-refractivity contribution is 5.79. The van der Waals surface area contributed by atoms with Gasteiger partial charge in [-0.2, -0.15) is 0 Å². The molecule has 0 aliphatic carbocycles. The number of benzene rings is 2. The SMILES string of the molecule is COc1ccc(CC(=O)N2CCN(c3cc(Nc4ccc(C)cc4)nc(C)n3)CC2)cc1C. The number of anilines is 3. The van der Waals surface area contributed by atoms with E-state index in [1.807, 2.05) is 55.1 Å². The molecule has 33 heavy (non-hydrogen) atoms. The van der Waals surface area contributed by atoms with E-state index in [1.54, 1.807) is 7.11 Å². The molecule has 4 rings (SSSR count). The summed E-state index contributed by atoms with van der Waals surface area (Å²) >= 11 is 0. The molecule has 1 fully saturated rings. The van der Waals surface area contributed by atoms with Crippen LogP contribution in [0.2, 0.25) is 0 Å². The van der Waals surface area contributed by atoms with Crippen molar-refractivity contribution in [3.8, 4) is 5.75 Å². The number of rotatable bonds is 6. The Hall–Kier alpha value is -3.61. The quantitative estimate of drug-likeness (QED) is 0.617. The highest BCUT2D eigenvalue weighted by Crippen LogP contribution is 2.22. The first-order chi connectivity index (χ1) is 15.9. The molecule has 172 valence electrons. The molecule has 7 nitrogen and oxygen atoms in total. The van der Waals surface area contributed by atoms with Crippen LogP contribution in [-0.2, 0) is 11.2 Å². The van der Waals surface area contributed by atoms with Crippen molar-refractivity contribution in [3.05, 3.63) is 71.0 Å². The summed E-state index contributed by atoms with van der Waals surface area (Å²) in [7, 11) is 1.66. The van der Waals surface area contributed by atoms with Crippen molar-refractivity contribution in [2.45, 2.75) is 27.2 Å². The molecule has 1 saturated heterocycles. The summed E-state index contributed by atoms with van der Waals surface area (Å²) in [5.41, 5.74) is 4.27. The van der Waals surface area contributed by atoms with E-state index in [4.69, 9.17) is 4.74 Å². The molecule has 0 radical (unpaired) electrons. The van der Waals surface area contributed by atoms with E-state index in [0.717, 1.165) is 53.1 Å². The second-order valence-corrected chi connectivity index (χ2v) is 8.50. The minimum Gasteiger partial charge on any atom is -0.496 e. The van der Waals surface area contributed by atoms with Crippen LogP contribution in [0.5, 0.6) is 5.75 Å². The number of aromatic nitrogens is 2. The number of nitrogens with one attached hydrogen (secondary N) is 1. The van der Waals surface area contributed by atoms with Crippen molar-refractivity contribution in [2.75, 3.05) is 43.5 Å². The monoisotopic (exact) mass is 445 g/mol. The van der Waals surface area contributed by atoms with Crippen LogP contribution in [0.1, 0.15) is 22.5 Å².